The van der Waals surface area contributed by atoms with Gasteiger partial charge in [-0.05, 0) is 19.8 Å². The summed E-state index contributed by atoms with van der Waals surface area (Å²) in [5.74, 6) is 0.562. The second kappa shape index (κ2) is 4.53. The normalized spacial score (nSPS) is 17.7. The molecule has 0 atom stereocenters. The highest BCUT2D eigenvalue weighted by atomic mass is 19.1. The Bertz CT molecular complexity index is 319. The monoisotopic (exact) mass is 211 g/mol. The van der Waals surface area contributed by atoms with Crippen LogP contribution in [0, 0.1) is 13.0 Å². The molecule has 1 saturated heterocycles. The summed E-state index contributed by atoms with van der Waals surface area (Å²) in [6.07, 6.45) is 1.19. The molecule has 0 unspecified atom stereocenters. The molecule has 0 saturated carbocycles. The minimum atomic E-state index is -0.676. The second-order valence-corrected chi connectivity index (χ2v) is 3.69. The van der Waals surface area contributed by atoms with Crippen molar-refractivity contribution in [3.63, 3.8) is 0 Å². The maximum atomic E-state index is 12.9. The van der Waals surface area contributed by atoms with Crippen LogP contribution in [-0.4, -0.2) is 29.2 Å². The van der Waals surface area contributed by atoms with E-state index in [4.69, 9.17) is 4.74 Å². The Morgan fingerprint density at radius 2 is 2.13 bits per heavy atom. The van der Waals surface area contributed by atoms with Gasteiger partial charge < -0.3 is 10.1 Å². The Morgan fingerprint density at radius 1 is 1.40 bits per heavy atom. The number of hydrogen-bond donors (Lipinski definition) is 1. The molecular weight excluding hydrogens is 197 g/mol. The number of halogens is 1. The van der Waals surface area contributed by atoms with Gasteiger partial charge in [0.25, 0.3) is 0 Å². The first kappa shape index (κ1) is 10.3. The van der Waals surface area contributed by atoms with Gasteiger partial charge in [-0.1, -0.05) is 0 Å². The number of rotatable bonds is 2. The molecule has 2 rings (SSSR count). The first-order chi connectivity index (χ1) is 7.24. The molecule has 0 aromatic carbocycles. The minimum absolute atomic E-state index is 0.326. The standard InChI is InChI=1S/C10H14FN3O/c1-7-6-9(14-10(11)12-7)13-8-2-4-15-5-3-8/h6,8H,2-5H2,1H3,(H,12,13,14). The van der Waals surface area contributed by atoms with E-state index in [1.54, 1.807) is 13.0 Å². The van der Waals surface area contributed by atoms with Crippen molar-refractivity contribution >= 4 is 5.82 Å². The zero-order chi connectivity index (χ0) is 10.7. The molecule has 5 heteroatoms. The van der Waals surface area contributed by atoms with E-state index in [1.807, 2.05) is 0 Å². The number of anilines is 1. The van der Waals surface area contributed by atoms with E-state index >= 15 is 0 Å². The summed E-state index contributed by atoms with van der Waals surface area (Å²) in [6.45, 7) is 3.26. The molecule has 1 fully saturated rings. The molecule has 1 N–H and O–H groups in total. The molecule has 0 spiro atoms. The van der Waals surface area contributed by atoms with Crippen LogP contribution in [0.15, 0.2) is 6.07 Å². The van der Waals surface area contributed by atoms with Gasteiger partial charge in [-0.25, -0.2) is 4.98 Å². The summed E-state index contributed by atoms with van der Waals surface area (Å²) in [4.78, 5) is 7.28. The van der Waals surface area contributed by atoms with Crippen molar-refractivity contribution in [3.05, 3.63) is 17.8 Å². The summed E-state index contributed by atoms with van der Waals surface area (Å²) in [5.41, 5.74) is 0.636. The molecule has 1 aliphatic rings. The number of hydrogen-bond acceptors (Lipinski definition) is 4. The number of nitrogens with one attached hydrogen (secondary N) is 1. The third kappa shape index (κ3) is 2.86. The van der Waals surface area contributed by atoms with Crippen molar-refractivity contribution in [3.8, 4) is 0 Å². The van der Waals surface area contributed by atoms with Gasteiger partial charge in [0.2, 0.25) is 0 Å². The van der Waals surface area contributed by atoms with Crippen molar-refractivity contribution in [2.45, 2.75) is 25.8 Å². The van der Waals surface area contributed by atoms with E-state index in [0.29, 0.717) is 17.6 Å². The molecule has 4 nitrogen and oxygen atoms in total. The van der Waals surface area contributed by atoms with Crippen molar-refractivity contribution in [1.82, 2.24) is 9.97 Å². The highest BCUT2D eigenvalue weighted by Gasteiger charge is 2.14. The van der Waals surface area contributed by atoms with E-state index in [2.05, 4.69) is 15.3 Å². The molecule has 82 valence electrons. The Hall–Kier alpha value is -1.23. The molecule has 0 radical (unpaired) electrons. The van der Waals surface area contributed by atoms with Crippen molar-refractivity contribution in [1.29, 1.82) is 0 Å². The van der Waals surface area contributed by atoms with Crippen LogP contribution in [0.1, 0.15) is 18.5 Å². The van der Waals surface area contributed by atoms with E-state index in [-0.39, 0.29) is 0 Å². The highest BCUT2D eigenvalue weighted by molar-refractivity contribution is 5.35. The Kier molecular flexibility index (Phi) is 3.11. The third-order valence-electron chi connectivity index (χ3n) is 2.40. The molecule has 1 aromatic heterocycles. The summed E-state index contributed by atoms with van der Waals surface area (Å²) in [6, 6.07) is 2.07. The molecule has 1 aromatic rings. The number of aryl methyl sites for hydroxylation is 1. The lowest BCUT2D eigenvalue weighted by Gasteiger charge is -2.23. The minimum Gasteiger partial charge on any atom is -0.381 e. The van der Waals surface area contributed by atoms with E-state index in [1.165, 1.54) is 0 Å². The Balaban J connectivity index is 2.02. The zero-order valence-corrected chi connectivity index (χ0v) is 8.66. The lowest BCUT2D eigenvalue weighted by atomic mass is 10.1. The fourth-order valence-electron chi connectivity index (χ4n) is 1.66. The topological polar surface area (TPSA) is 47.0 Å². The van der Waals surface area contributed by atoms with Gasteiger partial charge in [-0.3, -0.25) is 0 Å². The Morgan fingerprint density at radius 3 is 2.80 bits per heavy atom. The SMILES string of the molecule is Cc1cc(NC2CCOCC2)nc(F)n1. The molecule has 0 aliphatic carbocycles. The molecule has 0 bridgehead atoms. The van der Waals surface area contributed by atoms with Crippen LogP contribution in [0.2, 0.25) is 0 Å². The van der Waals surface area contributed by atoms with Crippen LogP contribution in [0.3, 0.4) is 0 Å². The summed E-state index contributed by atoms with van der Waals surface area (Å²) < 4.78 is 18.1. The molecule has 2 heterocycles. The van der Waals surface area contributed by atoms with Crippen LogP contribution in [0.25, 0.3) is 0 Å². The average molecular weight is 211 g/mol. The Labute approximate surface area is 87.9 Å². The van der Waals surface area contributed by atoms with Gasteiger partial charge >= 0.3 is 6.08 Å². The van der Waals surface area contributed by atoms with Gasteiger partial charge in [-0.2, -0.15) is 9.37 Å². The van der Waals surface area contributed by atoms with Crippen LogP contribution in [0.4, 0.5) is 10.2 Å². The fourth-order valence-corrected chi connectivity index (χ4v) is 1.66. The van der Waals surface area contributed by atoms with Crippen LogP contribution in [0.5, 0.6) is 0 Å². The largest absolute Gasteiger partial charge is 0.381 e. The number of ether oxygens (including phenoxy) is 1. The lowest BCUT2D eigenvalue weighted by Crippen LogP contribution is -2.28. The highest BCUT2D eigenvalue weighted by Crippen LogP contribution is 2.13. The van der Waals surface area contributed by atoms with Crippen molar-refractivity contribution in [2.24, 2.45) is 0 Å². The molecular formula is C10H14FN3O. The number of aromatic nitrogens is 2. The average Bonchev–Trinajstić information content (AvgIpc) is 2.17. The van der Waals surface area contributed by atoms with Gasteiger partial charge in [0.15, 0.2) is 0 Å². The molecule has 15 heavy (non-hydrogen) atoms. The van der Waals surface area contributed by atoms with E-state index in [9.17, 15) is 4.39 Å². The lowest BCUT2D eigenvalue weighted by molar-refractivity contribution is 0.0903. The van der Waals surface area contributed by atoms with E-state index < -0.39 is 6.08 Å². The third-order valence-corrected chi connectivity index (χ3v) is 2.40. The van der Waals surface area contributed by atoms with Crippen molar-refractivity contribution in [2.75, 3.05) is 18.5 Å². The summed E-state index contributed by atoms with van der Waals surface area (Å²) in [7, 11) is 0. The summed E-state index contributed by atoms with van der Waals surface area (Å²) in [5, 5.41) is 3.19. The summed E-state index contributed by atoms with van der Waals surface area (Å²) >= 11 is 0. The fraction of sp³-hybridized carbons (Fsp3) is 0.600. The predicted molar refractivity (Wildman–Crippen MR) is 54.2 cm³/mol. The maximum absolute atomic E-state index is 12.9. The zero-order valence-electron chi connectivity index (χ0n) is 8.66. The second-order valence-electron chi connectivity index (χ2n) is 3.69. The maximum Gasteiger partial charge on any atom is 0.310 e. The molecule has 1 aliphatic heterocycles. The van der Waals surface area contributed by atoms with Crippen LogP contribution >= 0.6 is 0 Å². The molecule has 0 amide bonds. The van der Waals surface area contributed by atoms with Gasteiger partial charge in [0.1, 0.15) is 5.82 Å². The quantitative estimate of drug-likeness (QED) is 0.753. The van der Waals surface area contributed by atoms with Crippen molar-refractivity contribution < 1.29 is 9.13 Å². The van der Waals surface area contributed by atoms with Gasteiger partial charge in [0.05, 0.1) is 0 Å². The first-order valence-corrected chi connectivity index (χ1v) is 5.09. The predicted octanol–water partition coefficient (Wildman–Crippen LogP) is 1.52. The van der Waals surface area contributed by atoms with Crippen LogP contribution in [-0.2, 0) is 4.74 Å². The number of nitrogens with zero attached hydrogens (tertiary/aromatic N) is 2. The first-order valence-electron chi connectivity index (χ1n) is 5.09. The smallest absolute Gasteiger partial charge is 0.310 e. The van der Waals surface area contributed by atoms with Gasteiger partial charge in [0, 0.05) is 31.0 Å². The van der Waals surface area contributed by atoms with Gasteiger partial charge in [-0.15, -0.1) is 0 Å². The van der Waals surface area contributed by atoms with E-state index in [0.717, 1.165) is 26.1 Å². The van der Waals surface area contributed by atoms with Crippen LogP contribution < -0.4 is 5.32 Å².